The summed E-state index contributed by atoms with van der Waals surface area (Å²) in [6.45, 7) is 1.19. The van der Waals surface area contributed by atoms with Gasteiger partial charge in [-0.1, -0.05) is 0 Å². The fraction of sp³-hybridized carbons (Fsp3) is 0.400. The third-order valence-corrected chi connectivity index (χ3v) is 2.53. The zero-order valence-electron chi connectivity index (χ0n) is 9.24. The van der Waals surface area contributed by atoms with E-state index in [0.717, 1.165) is 11.1 Å². The number of nitrogens with two attached hydrogens (primary N) is 1. The van der Waals surface area contributed by atoms with Gasteiger partial charge in [0.1, 0.15) is 5.75 Å². The van der Waals surface area contributed by atoms with Crippen LogP contribution in [-0.2, 0) is 13.1 Å². The van der Waals surface area contributed by atoms with Crippen LogP contribution in [0.4, 0.5) is 0 Å². The van der Waals surface area contributed by atoms with Crippen LogP contribution in [0.3, 0.4) is 0 Å². The zero-order chi connectivity index (χ0) is 10.7. The minimum absolute atomic E-state index is 0. The highest BCUT2D eigenvalue weighted by Crippen LogP contribution is 2.29. The summed E-state index contributed by atoms with van der Waals surface area (Å²) in [6.07, 6.45) is 0. The highest BCUT2D eigenvalue weighted by Gasteiger charge is 2.08. The van der Waals surface area contributed by atoms with E-state index < -0.39 is 0 Å². The molecule has 0 aliphatic carbocycles. The van der Waals surface area contributed by atoms with Crippen LogP contribution in [-0.4, -0.2) is 24.1 Å². The maximum Gasteiger partial charge on any atom is 0.134 e. The number of aromatic hydroxyl groups is 1. The molecule has 1 rings (SSSR count). The van der Waals surface area contributed by atoms with Gasteiger partial charge in [-0.25, -0.2) is 0 Å². The van der Waals surface area contributed by atoms with Gasteiger partial charge < -0.3 is 15.7 Å². The molecule has 0 saturated heterocycles. The lowest BCUT2D eigenvalue weighted by Gasteiger charge is -2.13. The molecule has 0 spiro atoms. The predicted molar refractivity (Wildman–Crippen MR) is 75.6 cm³/mol. The molecule has 0 amide bonds. The van der Waals surface area contributed by atoms with Gasteiger partial charge in [0, 0.05) is 18.7 Å². The first-order valence-electron chi connectivity index (χ1n) is 4.39. The fourth-order valence-electron chi connectivity index (χ4n) is 1.30. The number of nitrogens with zero attached hydrogens (tertiary/aromatic N) is 1. The van der Waals surface area contributed by atoms with Crippen molar-refractivity contribution in [3.63, 3.8) is 0 Å². The molecule has 3 N–H and O–H groups in total. The van der Waals surface area contributed by atoms with E-state index in [2.05, 4.69) is 15.9 Å². The molecular formula is C10H17BrCl2N2O. The van der Waals surface area contributed by atoms with Gasteiger partial charge in [0.05, 0.1) is 4.47 Å². The number of hydrogen-bond donors (Lipinski definition) is 2. The van der Waals surface area contributed by atoms with E-state index in [0.29, 0.717) is 23.3 Å². The second-order valence-corrected chi connectivity index (χ2v) is 4.38. The summed E-state index contributed by atoms with van der Waals surface area (Å²) in [6, 6.07) is 3.77. The molecule has 3 nitrogen and oxygen atoms in total. The van der Waals surface area contributed by atoms with E-state index >= 15 is 0 Å². The summed E-state index contributed by atoms with van der Waals surface area (Å²) in [5.74, 6) is 0.302. The molecule has 1 aromatic carbocycles. The molecule has 6 heteroatoms. The monoisotopic (exact) mass is 330 g/mol. The van der Waals surface area contributed by atoms with E-state index in [4.69, 9.17) is 5.73 Å². The van der Waals surface area contributed by atoms with Crippen LogP contribution in [0.5, 0.6) is 5.75 Å². The van der Waals surface area contributed by atoms with Crippen LogP contribution >= 0.6 is 40.7 Å². The molecule has 94 valence electrons. The topological polar surface area (TPSA) is 49.5 Å². The fourth-order valence-corrected chi connectivity index (χ4v) is 1.85. The molecular weight excluding hydrogens is 315 g/mol. The van der Waals surface area contributed by atoms with Crippen LogP contribution in [0, 0.1) is 0 Å². The first-order chi connectivity index (χ1) is 6.54. The Bertz CT molecular complexity index is 335. The molecule has 1 aromatic rings. The van der Waals surface area contributed by atoms with Crippen molar-refractivity contribution in [2.75, 3.05) is 14.1 Å². The Labute approximate surface area is 117 Å². The lowest BCUT2D eigenvalue weighted by atomic mass is 10.1. The summed E-state index contributed by atoms with van der Waals surface area (Å²) in [5, 5.41) is 9.75. The summed E-state index contributed by atoms with van der Waals surface area (Å²) >= 11 is 3.30. The van der Waals surface area contributed by atoms with Crippen molar-refractivity contribution in [3.8, 4) is 5.75 Å². The lowest BCUT2D eigenvalue weighted by molar-refractivity contribution is 0.384. The lowest BCUT2D eigenvalue weighted by Crippen LogP contribution is -2.11. The van der Waals surface area contributed by atoms with Crippen LogP contribution in [0.15, 0.2) is 16.6 Å². The van der Waals surface area contributed by atoms with E-state index in [1.54, 1.807) is 0 Å². The van der Waals surface area contributed by atoms with Crippen LogP contribution in [0.1, 0.15) is 11.1 Å². The standard InChI is InChI=1S/C10H15BrN2O.2ClH/c1-13(2)6-8-3-7(5-12)4-9(11)10(8)14;;/h3-4,14H,5-6,12H2,1-2H3;2*1H. The normalized spacial score (nSPS) is 9.56. The van der Waals surface area contributed by atoms with Gasteiger partial charge in [0.25, 0.3) is 0 Å². The Hall–Kier alpha value is -0.000000000000000111. The molecule has 0 aliphatic rings. The van der Waals surface area contributed by atoms with Gasteiger partial charge in [-0.3, -0.25) is 0 Å². The van der Waals surface area contributed by atoms with Crippen molar-refractivity contribution in [1.29, 1.82) is 0 Å². The number of rotatable bonds is 3. The van der Waals surface area contributed by atoms with Gasteiger partial charge >= 0.3 is 0 Å². The predicted octanol–water partition coefficient (Wildman–Crippen LogP) is 2.52. The average Bonchev–Trinajstić information content (AvgIpc) is 2.11. The Kier molecular flexibility index (Phi) is 9.35. The van der Waals surface area contributed by atoms with Crippen molar-refractivity contribution in [2.45, 2.75) is 13.1 Å². The van der Waals surface area contributed by atoms with Gasteiger partial charge in [0.2, 0.25) is 0 Å². The molecule has 16 heavy (non-hydrogen) atoms. The third kappa shape index (κ3) is 4.89. The number of phenols is 1. The van der Waals surface area contributed by atoms with Gasteiger partial charge in [-0.15, -0.1) is 24.8 Å². The first-order valence-corrected chi connectivity index (χ1v) is 5.19. The van der Waals surface area contributed by atoms with Gasteiger partial charge in [-0.2, -0.15) is 0 Å². The summed E-state index contributed by atoms with van der Waals surface area (Å²) < 4.78 is 0.706. The molecule has 0 atom stereocenters. The van der Waals surface area contributed by atoms with Crippen LogP contribution < -0.4 is 5.73 Å². The quantitative estimate of drug-likeness (QED) is 0.894. The Morgan fingerprint density at radius 2 is 1.88 bits per heavy atom. The van der Waals surface area contributed by atoms with Crippen LogP contribution in [0.25, 0.3) is 0 Å². The van der Waals surface area contributed by atoms with Gasteiger partial charge in [-0.05, 0) is 47.7 Å². The maximum atomic E-state index is 9.75. The number of phenolic OH excluding ortho intramolecular Hbond substituents is 1. The zero-order valence-corrected chi connectivity index (χ0v) is 12.5. The molecule has 0 bridgehead atoms. The molecule has 0 heterocycles. The Morgan fingerprint density at radius 1 is 1.31 bits per heavy atom. The summed E-state index contributed by atoms with van der Waals surface area (Å²) in [7, 11) is 3.92. The van der Waals surface area contributed by atoms with Crippen molar-refractivity contribution < 1.29 is 5.11 Å². The molecule has 0 aliphatic heterocycles. The summed E-state index contributed by atoms with van der Waals surface area (Å²) in [5.41, 5.74) is 7.47. The molecule has 0 aromatic heterocycles. The minimum Gasteiger partial charge on any atom is -0.506 e. The number of hydrogen-bond acceptors (Lipinski definition) is 3. The SMILES string of the molecule is CN(C)Cc1cc(CN)cc(Br)c1O.Cl.Cl. The van der Waals surface area contributed by atoms with E-state index in [1.807, 2.05) is 31.1 Å². The Morgan fingerprint density at radius 3 is 2.31 bits per heavy atom. The maximum absolute atomic E-state index is 9.75. The van der Waals surface area contributed by atoms with Crippen molar-refractivity contribution in [1.82, 2.24) is 4.90 Å². The number of benzene rings is 1. The largest absolute Gasteiger partial charge is 0.506 e. The smallest absolute Gasteiger partial charge is 0.134 e. The van der Waals surface area contributed by atoms with Crippen molar-refractivity contribution >= 4 is 40.7 Å². The molecule has 0 saturated carbocycles. The second-order valence-electron chi connectivity index (χ2n) is 3.53. The first kappa shape index (κ1) is 18.4. The average molecular weight is 332 g/mol. The highest BCUT2D eigenvalue weighted by atomic mass is 79.9. The number of halogens is 3. The van der Waals surface area contributed by atoms with E-state index in [-0.39, 0.29) is 24.8 Å². The highest BCUT2D eigenvalue weighted by molar-refractivity contribution is 9.10. The van der Waals surface area contributed by atoms with Crippen LogP contribution in [0.2, 0.25) is 0 Å². The minimum atomic E-state index is 0. The second kappa shape index (κ2) is 8.14. The van der Waals surface area contributed by atoms with Crippen molar-refractivity contribution in [2.24, 2.45) is 5.73 Å². The molecule has 0 fully saturated rings. The molecule has 0 radical (unpaired) electrons. The third-order valence-electron chi connectivity index (χ3n) is 1.92. The van der Waals surface area contributed by atoms with Crippen molar-refractivity contribution in [3.05, 3.63) is 27.7 Å². The van der Waals surface area contributed by atoms with E-state index in [9.17, 15) is 5.11 Å². The Balaban J connectivity index is 0. The van der Waals surface area contributed by atoms with Gasteiger partial charge in [0.15, 0.2) is 0 Å². The molecule has 0 unspecified atom stereocenters. The summed E-state index contributed by atoms with van der Waals surface area (Å²) in [4.78, 5) is 2.00. The van der Waals surface area contributed by atoms with E-state index in [1.165, 1.54) is 0 Å².